The number of hydrogen-bond acceptors (Lipinski definition) is 2. The first-order chi connectivity index (χ1) is 6.72. The largest absolute Gasteiger partial charge is 0.435 e. The van der Waals surface area contributed by atoms with E-state index >= 15 is 0 Å². The van der Waals surface area contributed by atoms with Gasteiger partial charge >= 0.3 is 6.61 Å². The normalized spacial score (nSPS) is 9.86. The zero-order valence-corrected chi connectivity index (χ0v) is 7.41. The molecule has 0 aliphatic carbocycles. The highest BCUT2D eigenvalue weighted by Gasteiger charge is 2.04. The molecule has 0 radical (unpaired) electrons. The van der Waals surface area contributed by atoms with Gasteiger partial charge in [0.1, 0.15) is 5.75 Å². The number of benzene rings is 1. The summed E-state index contributed by atoms with van der Waals surface area (Å²) in [6.45, 7) is -2.80. The van der Waals surface area contributed by atoms with Crippen LogP contribution in [-0.4, -0.2) is 6.61 Å². The van der Waals surface area contributed by atoms with E-state index in [1.807, 2.05) is 6.07 Å². The van der Waals surface area contributed by atoms with E-state index in [0.29, 0.717) is 12.8 Å². The van der Waals surface area contributed by atoms with Crippen molar-refractivity contribution < 1.29 is 13.5 Å². The van der Waals surface area contributed by atoms with Crippen LogP contribution < -0.4 is 4.74 Å². The van der Waals surface area contributed by atoms with Gasteiger partial charge in [-0.05, 0) is 24.1 Å². The molecule has 0 bridgehead atoms. The van der Waals surface area contributed by atoms with Crippen LogP contribution in [0.4, 0.5) is 8.78 Å². The second-order valence-electron chi connectivity index (χ2n) is 2.68. The number of aryl methyl sites for hydroxylation is 1. The van der Waals surface area contributed by atoms with Crippen molar-refractivity contribution in [1.82, 2.24) is 0 Å². The fourth-order valence-corrected chi connectivity index (χ4v) is 1.08. The molecule has 0 spiro atoms. The van der Waals surface area contributed by atoms with Crippen molar-refractivity contribution in [3.63, 3.8) is 0 Å². The Bertz CT molecular complexity index is 333. The second-order valence-corrected chi connectivity index (χ2v) is 2.68. The predicted octanol–water partition coefficient (Wildman–Crippen LogP) is 2.74. The third-order valence-corrected chi connectivity index (χ3v) is 1.65. The van der Waals surface area contributed by atoms with E-state index in [9.17, 15) is 8.78 Å². The number of hydrogen-bond donors (Lipinski definition) is 0. The van der Waals surface area contributed by atoms with Crippen molar-refractivity contribution in [2.75, 3.05) is 0 Å². The number of ether oxygens (including phenoxy) is 1. The van der Waals surface area contributed by atoms with Crippen molar-refractivity contribution in [2.45, 2.75) is 19.5 Å². The van der Waals surface area contributed by atoms with Crippen LogP contribution in [0, 0.1) is 11.3 Å². The lowest BCUT2D eigenvalue weighted by molar-refractivity contribution is -0.0498. The molecule has 0 heterocycles. The molecule has 0 saturated heterocycles. The van der Waals surface area contributed by atoms with E-state index in [-0.39, 0.29) is 5.75 Å². The summed E-state index contributed by atoms with van der Waals surface area (Å²) in [6, 6.07) is 8.37. The van der Waals surface area contributed by atoms with Gasteiger partial charge in [-0.25, -0.2) is 0 Å². The topological polar surface area (TPSA) is 33.0 Å². The van der Waals surface area contributed by atoms with Gasteiger partial charge in [0, 0.05) is 6.42 Å². The number of alkyl halides is 2. The maximum Gasteiger partial charge on any atom is 0.387 e. The summed E-state index contributed by atoms with van der Waals surface area (Å²) in [5.74, 6) is 0.135. The molecule has 0 atom stereocenters. The predicted molar refractivity (Wildman–Crippen MR) is 47.0 cm³/mol. The van der Waals surface area contributed by atoms with E-state index in [0.717, 1.165) is 5.56 Å². The van der Waals surface area contributed by atoms with E-state index in [2.05, 4.69) is 4.74 Å². The Morgan fingerprint density at radius 1 is 1.43 bits per heavy atom. The molecule has 1 rings (SSSR count). The van der Waals surface area contributed by atoms with Crippen molar-refractivity contribution in [2.24, 2.45) is 0 Å². The number of nitrogens with zero attached hydrogens (tertiary/aromatic N) is 1. The molecule has 2 nitrogen and oxygen atoms in total. The summed E-state index contributed by atoms with van der Waals surface area (Å²) in [6.07, 6.45) is 0.926. The van der Waals surface area contributed by atoms with Gasteiger partial charge in [-0.1, -0.05) is 12.1 Å². The second kappa shape index (κ2) is 5.18. The Morgan fingerprint density at radius 3 is 2.86 bits per heavy atom. The van der Waals surface area contributed by atoms with Crippen molar-refractivity contribution in [3.05, 3.63) is 29.8 Å². The summed E-state index contributed by atoms with van der Waals surface area (Å²) < 4.78 is 27.9. The van der Waals surface area contributed by atoms with Gasteiger partial charge in [-0.15, -0.1) is 0 Å². The molecule has 0 unspecified atom stereocenters. The average molecular weight is 197 g/mol. The molecular formula is C10H9F2NO. The van der Waals surface area contributed by atoms with Crippen LogP contribution in [0.3, 0.4) is 0 Å². The molecule has 0 amide bonds. The average Bonchev–Trinajstić information content (AvgIpc) is 2.14. The molecule has 0 aliphatic heterocycles. The fourth-order valence-electron chi connectivity index (χ4n) is 1.08. The summed E-state index contributed by atoms with van der Waals surface area (Å²) in [5, 5.41) is 8.34. The van der Waals surface area contributed by atoms with Crippen LogP contribution in [0.2, 0.25) is 0 Å². The maximum absolute atomic E-state index is 11.8. The van der Waals surface area contributed by atoms with Gasteiger partial charge in [0.15, 0.2) is 0 Å². The van der Waals surface area contributed by atoms with Gasteiger partial charge in [0.05, 0.1) is 6.07 Å². The summed E-state index contributed by atoms with van der Waals surface area (Å²) in [4.78, 5) is 0. The van der Waals surface area contributed by atoms with Gasteiger partial charge < -0.3 is 4.74 Å². The molecule has 0 aromatic heterocycles. The van der Waals surface area contributed by atoms with Gasteiger partial charge in [0.2, 0.25) is 0 Å². The Kier molecular flexibility index (Phi) is 3.86. The lowest BCUT2D eigenvalue weighted by Gasteiger charge is -2.05. The minimum absolute atomic E-state index is 0.135. The number of halogens is 2. The first kappa shape index (κ1) is 10.5. The zero-order valence-electron chi connectivity index (χ0n) is 7.41. The molecule has 0 saturated carbocycles. The van der Waals surface area contributed by atoms with Crippen LogP contribution in [0.5, 0.6) is 5.75 Å². The standard InChI is InChI=1S/C10H9F2NO/c11-10(12)14-9-5-1-3-8(7-9)4-2-6-13/h1,3,5,7,10H,2,4H2. The molecule has 74 valence electrons. The Balaban J connectivity index is 2.65. The van der Waals surface area contributed by atoms with Gasteiger partial charge in [-0.2, -0.15) is 14.0 Å². The van der Waals surface area contributed by atoms with Crippen molar-refractivity contribution in [1.29, 1.82) is 5.26 Å². The monoisotopic (exact) mass is 197 g/mol. The fraction of sp³-hybridized carbons (Fsp3) is 0.300. The molecule has 1 aromatic rings. The third kappa shape index (κ3) is 3.40. The molecule has 0 N–H and O–H groups in total. The first-order valence-corrected chi connectivity index (χ1v) is 4.13. The summed E-state index contributed by atoms with van der Waals surface area (Å²) >= 11 is 0. The molecule has 0 fully saturated rings. The van der Waals surface area contributed by atoms with Crippen LogP contribution in [-0.2, 0) is 6.42 Å². The van der Waals surface area contributed by atoms with Crippen LogP contribution >= 0.6 is 0 Å². The zero-order chi connectivity index (χ0) is 10.4. The van der Waals surface area contributed by atoms with E-state index in [1.54, 1.807) is 12.1 Å². The highest BCUT2D eigenvalue weighted by molar-refractivity contribution is 5.28. The van der Waals surface area contributed by atoms with Gasteiger partial charge in [0.25, 0.3) is 0 Å². The molecule has 4 heteroatoms. The van der Waals surface area contributed by atoms with Crippen LogP contribution in [0.25, 0.3) is 0 Å². The summed E-state index contributed by atoms with van der Waals surface area (Å²) in [5.41, 5.74) is 0.824. The Morgan fingerprint density at radius 2 is 2.21 bits per heavy atom. The van der Waals surface area contributed by atoms with E-state index < -0.39 is 6.61 Å². The molecular weight excluding hydrogens is 188 g/mol. The molecule has 1 aromatic carbocycles. The van der Waals surface area contributed by atoms with E-state index in [4.69, 9.17) is 5.26 Å². The van der Waals surface area contributed by atoms with Gasteiger partial charge in [-0.3, -0.25) is 0 Å². The molecule has 0 aliphatic rings. The minimum atomic E-state index is -2.80. The first-order valence-electron chi connectivity index (χ1n) is 4.13. The quantitative estimate of drug-likeness (QED) is 0.743. The third-order valence-electron chi connectivity index (χ3n) is 1.65. The Hall–Kier alpha value is -1.63. The van der Waals surface area contributed by atoms with Crippen LogP contribution in [0.15, 0.2) is 24.3 Å². The lowest BCUT2D eigenvalue weighted by atomic mass is 10.1. The smallest absolute Gasteiger partial charge is 0.387 e. The highest BCUT2D eigenvalue weighted by Crippen LogP contribution is 2.16. The summed E-state index contributed by atoms with van der Waals surface area (Å²) in [7, 11) is 0. The van der Waals surface area contributed by atoms with Crippen molar-refractivity contribution >= 4 is 0 Å². The Labute approximate surface area is 80.7 Å². The SMILES string of the molecule is N#CCCc1cccc(OC(F)F)c1. The van der Waals surface area contributed by atoms with Crippen molar-refractivity contribution in [3.8, 4) is 11.8 Å². The van der Waals surface area contributed by atoms with Crippen LogP contribution in [0.1, 0.15) is 12.0 Å². The number of rotatable bonds is 4. The molecule has 14 heavy (non-hydrogen) atoms. The highest BCUT2D eigenvalue weighted by atomic mass is 19.3. The maximum atomic E-state index is 11.8. The minimum Gasteiger partial charge on any atom is -0.435 e. The lowest BCUT2D eigenvalue weighted by Crippen LogP contribution is -2.02. The number of nitriles is 1. The van der Waals surface area contributed by atoms with E-state index in [1.165, 1.54) is 12.1 Å².